The molecule has 0 aliphatic carbocycles. The maximum absolute atomic E-state index is 12.7. The Morgan fingerprint density at radius 1 is 1.10 bits per heavy atom. The minimum Gasteiger partial charge on any atom is -0.380 e. The van der Waals surface area contributed by atoms with Gasteiger partial charge in [0.15, 0.2) is 0 Å². The highest BCUT2D eigenvalue weighted by molar-refractivity contribution is 9.11. The number of hydrogen-bond donors (Lipinski definition) is 0. The van der Waals surface area contributed by atoms with E-state index in [2.05, 4.69) is 31.9 Å². The van der Waals surface area contributed by atoms with Gasteiger partial charge in [-0.05, 0) is 48.0 Å². The Hall–Kier alpha value is -0.430. The van der Waals surface area contributed by atoms with Crippen molar-refractivity contribution in [1.82, 2.24) is 4.90 Å². The lowest BCUT2D eigenvalue weighted by Crippen LogP contribution is -2.37. The SMILES string of the molecule is CCOCCN(CCOCC)C(=O)c1cc(Br)ccc1Br. The van der Waals surface area contributed by atoms with Gasteiger partial charge in [-0.15, -0.1) is 0 Å². The van der Waals surface area contributed by atoms with E-state index in [9.17, 15) is 4.79 Å². The van der Waals surface area contributed by atoms with Gasteiger partial charge in [-0.25, -0.2) is 0 Å². The van der Waals surface area contributed by atoms with E-state index in [4.69, 9.17) is 9.47 Å². The smallest absolute Gasteiger partial charge is 0.255 e. The van der Waals surface area contributed by atoms with Gasteiger partial charge in [-0.1, -0.05) is 15.9 Å². The molecular formula is C15H21Br2NO3. The zero-order valence-corrected chi connectivity index (χ0v) is 15.6. The van der Waals surface area contributed by atoms with Gasteiger partial charge < -0.3 is 14.4 Å². The predicted octanol–water partition coefficient (Wildman–Crippen LogP) is 3.73. The maximum Gasteiger partial charge on any atom is 0.255 e. The summed E-state index contributed by atoms with van der Waals surface area (Å²) in [5, 5.41) is 0. The van der Waals surface area contributed by atoms with E-state index in [0.29, 0.717) is 45.1 Å². The third kappa shape index (κ3) is 6.46. The summed E-state index contributed by atoms with van der Waals surface area (Å²) in [6, 6.07) is 5.58. The Morgan fingerprint density at radius 3 is 2.19 bits per heavy atom. The van der Waals surface area contributed by atoms with Crippen molar-refractivity contribution in [2.75, 3.05) is 39.5 Å². The summed E-state index contributed by atoms with van der Waals surface area (Å²) in [7, 11) is 0. The van der Waals surface area contributed by atoms with Crippen LogP contribution in [0.15, 0.2) is 27.1 Å². The first kappa shape index (κ1) is 18.6. The number of rotatable bonds is 9. The van der Waals surface area contributed by atoms with Crippen LogP contribution in [-0.4, -0.2) is 50.3 Å². The van der Waals surface area contributed by atoms with Crippen LogP contribution in [0.3, 0.4) is 0 Å². The van der Waals surface area contributed by atoms with E-state index in [-0.39, 0.29) is 5.91 Å². The van der Waals surface area contributed by atoms with Crippen LogP contribution < -0.4 is 0 Å². The standard InChI is InChI=1S/C15H21Br2NO3/c1-3-20-9-7-18(8-10-21-4-2)15(19)13-11-12(16)5-6-14(13)17/h5-6,11H,3-4,7-10H2,1-2H3. The van der Waals surface area contributed by atoms with Crippen LogP contribution in [0.1, 0.15) is 24.2 Å². The molecule has 0 spiro atoms. The summed E-state index contributed by atoms with van der Waals surface area (Å²) in [6.07, 6.45) is 0. The largest absolute Gasteiger partial charge is 0.380 e. The number of halogens is 2. The number of ether oxygens (including phenoxy) is 2. The molecule has 0 atom stereocenters. The van der Waals surface area contributed by atoms with Crippen molar-refractivity contribution >= 4 is 37.8 Å². The highest BCUT2D eigenvalue weighted by Gasteiger charge is 2.18. The molecular weight excluding hydrogens is 402 g/mol. The van der Waals surface area contributed by atoms with E-state index in [1.54, 1.807) is 4.90 Å². The summed E-state index contributed by atoms with van der Waals surface area (Å²) in [5.41, 5.74) is 0.636. The van der Waals surface area contributed by atoms with Crippen molar-refractivity contribution in [3.63, 3.8) is 0 Å². The highest BCUT2D eigenvalue weighted by atomic mass is 79.9. The molecule has 0 unspecified atom stereocenters. The monoisotopic (exact) mass is 421 g/mol. The molecule has 1 aromatic rings. The Labute approximate surface area is 143 Å². The fraction of sp³-hybridized carbons (Fsp3) is 0.533. The van der Waals surface area contributed by atoms with Crippen molar-refractivity contribution in [3.8, 4) is 0 Å². The summed E-state index contributed by atoms with van der Waals surface area (Å²) in [5.74, 6) is -0.0254. The van der Waals surface area contributed by atoms with E-state index < -0.39 is 0 Å². The number of amides is 1. The first-order valence-corrected chi connectivity index (χ1v) is 8.58. The van der Waals surface area contributed by atoms with Crippen molar-refractivity contribution in [2.45, 2.75) is 13.8 Å². The normalized spacial score (nSPS) is 10.7. The zero-order valence-electron chi connectivity index (χ0n) is 12.4. The van der Waals surface area contributed by atoms with E-state index in [1.165, 1.54) is 0 Å². The molecule has 0 saturated carbocycles. The van der Waals surface area contributed by atoms with Crippen LogP contribution in [0.4, 0.5) is 0 Å². The summed E-state index contributed by atoms with van der Waals surface area (Å²) in [4.78, 5) is 14.4. The third-order valence-electron chi connectivity index (χ3n) is 2.87. The highest BCUT2D eigenvalue weighted by Crippen LogP contribution is 2.23. The fourth-order valence-corrected chi connectivity index (χ4v) is 2.56. The third-order valence-corrected chi connectivity index (χ3v) is 4.05. The van der Waals surface area contributed by atoms with Crippen LogP contribution in [0.25, 0.3) is 0 Å². The van der Waals surface area contributed by atoms with Crippen molar-refractivity contribution in [1.29, 1.82) is 0 Å². The molecule has 1 amide bonds. The Bertz CT molecular complexity index is 445. The molecule has 21 heavy (non-hydrogen) atoms. The molecule has 118 valence electrons. The number of carbonyl (C=O) groups is 1. The molecule has 0 aliphatic rings. The van der Waals surface area contributed by atoms with Crippen molar-refractivity contribution in [2.24, 2.45) is 0 Å². The lowest BCUT2D eigenvalue weighted by molar-refractivity contribution is 0.0549. The Morgan fingerprint density at radius 2 is 1.67 bits per heavy atom. The number of nitrogens with zero attached hydrogens (tertiary/aromatic N) is 1. The van der Waals surface area contributed by atoms with E-state index >= 15 is 0 Å². The first-order chi connectivity index (χ1) is 10.1. The van der Waals surface area contributed by atoms with Gasteiger partial charge in [0.05, 0.1) is 18.8 Å². The lowest BCUT2D eigenvalue weighted by atomic mass is 10.2. The summed E-state index contributed by atoms with van der Waals surface area (Å²) in [6.45, 7) is 7.34. The molecule has 0 bridgehead atoms. The maximum atomic E-state index is 12.7. The van der Waals surface area contributed by atoms with Gasteiger partial charge in [-0.3, -0.25) is 4.79 Å². The molecule has 0 aliphatic heterocycles. The van der Waals surface area contributed by atoms with Gasteiger partial charge in [0.1, 0.15) is 0 Å². The molecule has 0 saturated heterocycles. The minimum absolute atomic E-state index is 0.0254. The topological polar surface area (TPSA) is 38.8 Å². The van der Waals surface area contributed by atoms with Crippen LogP contribution in [0, 0.1) is 0 Å². The Balaban J connectivity index is 2.79. The van der Waals surface area contributed by atoms with Crippen LogP contribution in [0.2, 0.25) is 0 Å². The summed E-state index contributed by atoms with van der Waals surface area (Å²) >= 11 is 6.83. The average molecular weight is 423 g/mol. The molecule has 1 aromatic carbocycles. The van der Waals surface area contributed by atoms with Gasteiger partial charge >= 0.3 is 0 Å². The zero-order chi connectivity index (χ0) is 15.7. The molecule has 6 heteroatoms. The van der Waals surface area contributed by atoms with Gasteiger partial charge in [0.25, 0.3) is 5.91 Å². The average Bonchev–Trinajstić information content (AvgIpc) is 2.48. The minimum atomic E-state index is -0.0254. The molecule has 0 heterocycles. The summed E-state index contributed by atoms with van der Waals surface area (Å²) < 4.78 is 12.4. The second-order valence-electron chi connectivity index (χ2n) is 4.31. The molecule has 0 radical (unpaired) electrons. The van der Waals surface area contributed by atoms with Crippen molar-refractivity contribution < 1.29 is 14.3 Å². The second kappa shape index (κ2) is 10.3. The lowest BCUT2D eigenvalue weighted by Gasteiger charge is -2.23. The molecule has 0 N–H and O–H groups in total. The molecule has 0 fully saturated rings. The number of carbonyl (C=O) groups excluding carboxylic acids is 1. The van der Waals surface area contributed by atoms with Gasteiger partial charge in [0.2, 0.25) is 0 Å². The fourth-order valence-electron chi connectivity index (χ4n) is 1.78. The molecule has 4 nitrogen and oxygen atoms in total. The molecule has 1 rings (SSSR count). The second-order valence-corrected chi connectivity index (χ2v) is 6.08. The number of benzene rings is 1. The van der Waals surface area contributed by atoms with Crippen LogP contribution in [-0.2, 0) is 9.47 Å². The van der Waals surface area contributed by atoms with Crippen molar-refractivity contribution in [3.05, 3.63) is 32.7 Å². The molecule has 0 aromatic heterocycles. The first-order valence-electron chi connectivity index (χ1n) is 7.00. The van der Waals surface area contributed by atoms with E-state index in [1.807, 2.05) is 32.0 Å². The number of hydrogen-bond acceptors (Lipinski definition) is 3. The van der Waals surface area contributed by atoms with Crippen LogP contribution in [0.5, 0.6) is 0 Å². The Kier molecular flexibility index (Phi) is 9.15. The van der Waals surface area contributed by atoms with E-state index in [0.717, 1.165) is 8.95 Å². The van der Waals surface area contributed by atoms with Crippen LogP contribution >= 0.6 is 31.9 Å². The van der Waals surface area contributed by atoms with Gasteiger partial charge in [-0.2, -0.15) is 0 Å². The quantitative estimate of drug-likeness (QED) is 0.569. The predicted molar refractivity (Wildman–Crippen MR) is 90.7 cm³/mol. The van der Waals surface area contributed by atoms with Gasteiger partial charge in [0, 0.05) is 35.2 Å².